The number of para-hydroxylation sites is 1. The van der Waals surface area contributed by atoms with E-state index in [1.165, 1.54) is 23.9 Å². The Morgan fingerprint density at radius 1 is 1.06 bits per heavy atom. The van der Waals surface area contributed by atoms with Crippen molar-refractivity contribution in [2.45, 2.75) is 23.6 Å². The van der Waals surface area contributed by atoms with Crippen molar-refractivity contribution >= 4 is 45.0 Å². The molecule has 8 nitrogen and oxygen atoms in total. The Labute approximate surface area is 192 Å². The van der Waals surface area contributed by atoms with E-state index in [-0.39, 0.29) is 33.9 Å². The van der Waals surface area contributed by atoms with Crippen LogP contribution in [-0.2, 0) is 19.6 Å². The third kappa shape index (κ3) is 5.62. The Kier molecular flexibility index (Phi) is 7.81. The first kappa shape index (κ1) is 24.1. The van der Waals surface area contributed by atoms with E-state index in [1.54, 1.807) is 49.1 Å². The summed E-state index contributed by atoms with van der Waals surface area (Å²) in [5, 5.41) is 2.79. The minimum atomic E-state index is -4.01. The Morgan fingerprint density at radius 3 is 2.41 bits per heavy atom. The van der Waals surface area contributed by atoms with E-state index in [4.69, 9.17) is 4.74 Å². The summed E-state index contributed by atoms with van der Waals surface area (Å²) < 4.78 is 34.1. The second-order valence-electron chi connectivity index (χ2n) is 7.56. The zero-order valence-corrected chi connectivity index (χ0v) is 19.9. The summed E-state index contributed by atoms with van der Waals surface area (Å²) in [7, 11) is -4.01. The van der Waals surface area contributed by atoms with Crippen LogP contribution in [0.15, 0.2) is 52.3 Å². The Morgan fingerprint density at radius 2 is 1.75 bits per heavy atom. The molecule has 3 rings (SSSR count). The molecule has 1 heterocycles. The monoisotopic (exact) mass is 477 g/mol. The van der Waals surface area contributed by atoms with Gasteiger partial charge in [-0.3, -0.25) is 14.3 Å². The van der Waals surface area contributed by atoms with Gasteiger partial charge in [-0.25, -0.2) is 8.42 Å². The van der Waals surface area contributed by atoms with Gasteiger partial charge in [0.25, 0.3) is 15.9 Å². The highest BCUT2D eigenvalue weighted by molar-refractivity contribution is 7.98. The van der Waals surface area contributed by atoms with E-state index in [1.807, 2.05) is 6.26 Å². The lowest BCUT2D eigenvalue weighted by atomic mass is 10.1. The van der Waals surface area contributed by atoms with Crippen molar-refractivity contribution in [3.63, 3.8) is 0 Å². The topological polar surface area (TPSA) is 105 Å². The summed E-state index contributed by atoms with van der Waals surface area (Å²) in [5.74, 6) is -0.709. The number of sulfonamides is 1. The summed E-state index contributed by atoms with van der Waals surface area (Å²) in [6.07, 6.45) is 1.85. The van der Waals surface area contributed by atoms with E-state index in [0.717, 1.165) is 4.90 Å². The zero-order chi connectivity index (χ0) is 23.3. The number of ether oxygens (including phenoxy) is 1. The molecule has 1 fully saturated rings. The normalized spacial score (nSPS) is 14.3. The molecule has 0 unspecified atom stereocenters. The Bertz CT molecular complexity index is 1100. The van der Waals surface area contributed by atoms with Crippen molar-refractivity contribution < 1.29 is 22.7 Å². The molecule has 172 valence electrons. The lowest BCUT2D eigenvalue weighted by Gasteiger charge is -2.27. The first-order valence-corrected chi connectivity index (χ1v) is 12.9. The molecule has 1 aliphatic heterocycles. The summed E-state index contributed by atoms with van der Waals surface area (Å²) in [4.78, 5) is 27.5. The van der Waals surface area contributed by atoms with Gasteiger partial charge in [0.1, 0.15) is 0 Å². The average molecular weight is 478 g/mol. The van der Waals surface area contributed by atoms with E-state index in [0.29, 0.717) is 32.0 Å². The van der Waals surface area contributed by atoms with Crippen LogP contribution in [0.2, 0.25) is 0 Å². The van der Waals surface area contributed by atoms with Crippen LogP contribution < -0.4 is 10.0 Å². The fourth-order valence-electron chi connectivity index (χ4n) is 3.13. The number of anilines is 2. The highest BCUT2D eigenvalue weighted by Gasteiger charge is 2.24. The number of amides is 2. The predicted molar refractivity (Wildman–Crippen MR) is 126 cm³/mol. The molecule has 0 aromatic heterocycles. The summed E-state index contributed by atoms with van der Waals surface area (Å²) in [6, 6.07) is 11.1. The molecular weight excluding hydrogens is 450 g/mol. The second kappa shape index (κ2) is 10.4. The fraction of sp³-hybridized carbons (Fsp3) is 0.364. The van der Waals surface area contributed by atoms with Crippen LogP contribution in [0.3, 0.4) is 0 Å². The Balaban J connectivity index is 1.90. The highest BCUT2D eigenvalue weighted by Crippen LogP contribution is 2.30. The number of hydrogen-bond acceptors (Lipinski definition) is 6. The molecule has 0 atom stereocenters. The molecular formula is C22H27N3O5S2. The van der Waals surface area contributed by atoms with Gasteiger partial charge < -0.3 is 15.0 Å². The minimum absolute atomic E-state index is 0.0111. The summed E-state index contributed by atoms with van der Waals surface area (Å²) >= 11 is 1.40. The lowest BCUT2D eigenvalue weighted by Crippen LogP contribution is -2.41. The molecule has 0 saturated carbocycles. The van der Waals surface area contributed by atoms with Gasteiger partial charge in [-0.2, -0.15) is 0 Å². The maximum atomic E-state index is 13.1. The van der Waals surface area contributed by atoms with Gasteiger partial charge in [-0.1, -0.05) is 26.0 Å². The average Bonchev–Trinajstić information content (AvgIpc) is 2.79. The molecule has 32 heavy (non-hydrogen) atoms. The number of rotatable bonds is 7. The largest absolute Gasteiger partial charge is 0.378 e. The Hall–Kier alpha value is -2.56. The maximum Gasteiger partial charge on any atom is 0.261 e. The number of carbonyl (C=O) groups is 2. The van der Waals surface area contributed by atoms with Crippen LogP contribution in [0.5, 0.6) is 0 Å². The molecule has 0 bridgehead atoms. The third-order valence-corrected chi connectivity index (χ3v) is 7.12. The quantitative estimate of drug-likeness (QED) is 0.593. The number of benzene rings is 2. The van der Waals surface area contributed by atoms with Gasteiger partial charge in [-0.05, 0) is 36.6 Å². The van der Waals surface area contributed by atoms with E-state index in [9.17, 15) is 18.0 Å². The molecule has 1 saturated heterocycles. The number of nitrogens with zero attached hydrogens (tertiary/aromatic N) is 1. The predicted octanol–water partition coefficient (Wildman–Crippen LogP) is 3.28. The van der Waals surface area contributed by atoms with Crippen LogP contribution in [0, 0.1) is 5.92 Å². The van der Waals surface area contributed by atoms with Crippen molar-refractivity contribution in [2.75, 3.05) is 42.6 Å². The van der Waals surface area contributed by atoms with Crippen molar-refractivity contribution in [3.8, 4) is 0 Å². The molecule has 0 aliphatic carbocycles. The SMILES string of the molecule is CSc1ccc(S(=O)(=O)Nc2ccccc2C(=O)N2CCOCC2)cc1NC(=O)C(C)C. The van der Waals surface area contributed by atoms with Gasteiger partial charge in [0.2, 0.25) is 5.91 Å². The molecule has 0 radical (unpaired) electrons. The van der Waals surface area contributed by atoms with Gasteiger partial charge in [0.15, 0.2) is 0 Å². The van der Waals surface area contributed by atoms with Crippen molar-refractivity contribution in [2.24, 2.45) is 5.92 Å². The number of hydrogen-bond donors (Lipinski definition) is 2. The lowest BCUT2D eigenvalue weighted by molar-refractivity contribution is -0.118. The number of thioether (sulfide) groups is 1. The molecule has 2 aromatic carbocycles. The van der Waals surface area contributed by atoms with E-state index >= 15 is 0 Å². The smallest absolute Gasteiger partial charge is 0.261 e. The standard InChI is InChI=1S/C22H27N3O5S2/c1-15(2)21(26)23-19-14-16(8-9-20(19)31-3)32(28,29)24-18-7-5-4-6-17(18)22(27)25-10-12-30-13-11-25/h4-9,14-15,24H,10-13H2,1-3H3,(H,23,26). The maximum absolute atomic E-state index is 13.1. The molecule has 10 heteroatoms. The fourth-order valence-corrected chi connectivity index (χ4v) is 4.77. The van der Waals surface area contributed by atoms with Crippen LogP contribution in [0.1, 0.15) is 24.2 Å². The molecule has 0 spiro atoms. The molecule has 2 N–H and O–H groups in total. The van der Waals surface area contributed by atoms with Crippen LogP contribution in [0.25, 0.3) is 0 Å². The van der Waals surface area contributed by atoms with Crippen molar-refractivity contribution in [1.29, 1.82) is 0 Å². The summed E-state index contributed by atoms with van der Waals surface area (Å²) in [5.41, 5.74) is 0.898. The zero-order valence-electron chi connectivity index (χ0n) is 18.3. The molecule has 2 aromatic rings. The van der Waals surface area contributed by atoms with Crippen LogP contribution >= 0.6 is 11.8 Å². The van der Waals surface area contributed by atoms with E-state index in [2.05, 4.69) is 10.0 Å². The minimum Gasteiger partial charge on any atom is -0.378 e. The van der Waals surface area contributed by atoms with Gasteiger partial charge >= 0.3 is 0 Å². The van der Waals surface area contributed by atoms with Gasteiger partial charge in [0.05, 0.1) is 35.0 Å². The van der Waals surface area contributed by atoms with Gasteiger partial charge in [-0.15, -0.1) is 11.8 Å². The van der Waals surface area contributed by atoms with Crippen molar-refractivity contribution in [1.82, 2.24) is 4.90 Å². The summed E-state index contributed by atoms with van der Waals surface area (Å²) in [6.45, 7) is 5.33. The third-order valence-electron chi connectivity index (χ3n) is 4.96. The van der Waals surface area contributed by atoms with E-state index < -0.39 is 10.0 Å². The van der Waals surface area contributed by atoms with Crippen LogP contribution in [0.4, 0.5) is 11.4 Å². The highest BCUT2D eigenvalue weighted by atomic mass is 32.2. The number of nitrogens with one attached hydrogen (secondary N) is 2. The number of carbonyl (C=O) groups excluding carboxylic acids is 2. The van der Waals surface area contributed by atoms with Crippen LogP contribution in [-0.4, -0.2) is 57.7 Å². The first-order valence-electron chi connectivity index (χ1n) is 10.2. The molecule has 1 aliphatic rings. The second-order valence-corrected chi connectivity index (χ2v) is 10.1. The number of morpholine rings is 1. The van der Waals surface area contributed by atoms with Gasteiger partial charge in [0, 0.05) is 23.9 Å². The molecule has 2 amide bonds. The van der Waals surface area contributed by atoms with Crippen molar-refractivity contribution in [3.05, 3.63) is 48.0 Å². The first-order chi connectivity index (χ1) is 15.2.